The van der Waals surface area contributed by atoms with Crippen LogP contribution >= 0.6 is 22.9 Å². The number of hydrogen-bond acceptors (Lipinski definition) is 2. The Balaban J connectivity index is 2.65. The third kappa shape index (κ3) is 2.38. The Morgan fingerprint density at radius 2 is 2.55 bits per heavy atom. The van der Waals surface area contributed by atoms with Crippen LogP contribution < -0.4 is 0 Å². The van der Waals surface area contributed by atoms with Gasteiger partial charge < -0.3 is 0 Å². The van der Waals surface area contributed by atoms with E-state index in [1.165, 1.54) is 11.3 Å². The maximum Gasteiger partial charge on any atom is 0.100 e. The molecule has 3 heteroatoms. The highest BCUT2D eigenvalue weighted by molar-refractivity contribution is 7.14. The van der Waals surface area contributed by atoms with E-state index in [-0.39, 0.29) is 0 Å². The third-order valence-electron chi connectivity index (χ3n) is 1.15. The molecule has 0 bridgehead atoms. The normalized spacial score (nSPS) is 10.2. The van der Waals surface area contributed by atoms with Crippen LogP contribution in [0.1, 0.15) is 12.0 Å². The summed E-state index contributed by atoms with van der Waals surface area (Å²) in [4.78, 5) is 0. The Morgan fingerprint density at radius 1 is 1.73 bits per heavy atom. The van der Waals surface area contributed by atoms with Crippen LogP contribution in [0.5, 0.6) is 0 Å². The molecule has 1 heterocycles. The molecule has 0 saturated carbocycles. The van der Waals surface area contributed by atoms with E-state index in [1.54, 1.807) is 6.08 Å². The predicted octanol–water partition coefficient (Wildman–Crippen LogP) is 3.33. The summed E-state index contributed by atoms with van der Waals surface area (Å²) in [5.74, 6) is 0. The zero-order chi connectivity index (χ0) is 8.10. The number of hydrogen-bond donors (Lipinski definition) is 0. The molecule has 0 amide bonds. The smallest absolute Gasteiger partial charge is 0.100 e. The summed E-state index contributed by atoms with van der Waals surface area (Å²) in [5, 5.41) is 10.2. The van der Waals surface area contributed by atoms with Gasteiger partial charge in [0.25, 0.3) is 0 Å². The molecule has 0 atom stereocenters. The van der Waals surface area contributed by atoms with E-state index >= 15 is 0 Å². The van der Waals surface area contributed by atoms with Gasteiger partial charge in [-0.3, -0.25) is 0 Å². The van der Waals surface area contributed by atoms with Gasteiger partial charge in [-0.2, -0.15) is 5.26 Å². The molecule has 0 unspecified atom stereocenters. The van der Waals surface area contributed by atoms with Crippen molar-refractivity contribution in [2.75, 3.05) is 0 Å². The van der Waals surface area contributed by atoms with Crippen LogP contribution in [0.2, 0.25) is 4.34 Å². The fourth-order valence-corrected chi connectivity index (χ4v) is 1.55. The van der Waals surface area contributed by atoms with Gasteiger partial charge in [0.15, 0.2) is 0 Å². The van der Waals surface area contributed by atoms with Crippen LogP contribution in [-0.2, 0) is 0 Å². The first-order chi connectivity index (χ1) is 5.34. The van der Waals surface area contributed by atoms with E-state index < -0.39 is 0 Å². The number of rotatable bonds is 2. The minimum Gasteiger partial charge on any atom is -0.198 e. The average Bonchev–Trinajstić information content (AvgIpc) is 2.37. The lowest BCUT2D eigenvalue weighted by Gasteiger charge is -1.83. The maximum atomic E-state index is 8.23. The highest BCUT2D eigenvalue weighted by Crippen LogP contribution is 2.23. The molecular formula is C8H6ClNS. The van der Waals surface area contributed by atoms with Gasteiger partial charge in [-0.1, -0.05) is 23.8 Å². The molecule has 56 valence electrons. The lowest BCUT2D eigenvalue weighted by Crippen LogP contribution is -1.62. The molecular weight excluding hydrogens is 178 g/mol. The van der Waals surface area contributed by atoms with E-state index in [0.717, 1.165) is 9.90 Å². The van der Waals surface area contributed by atoms with Crippen molar-refractivity contribution in [2.24, 2.45) is 0 Å². The summed E-state index contributed by atoms with van der Waals surface area (Å²) in [5.41, 5.74) is 0.993. The highest BCUT2D eigenvalue weighted by Gasteiger charge is 1.94. The maximum absolute atomic E-state index is 8.23. The van der Waals surface area contributed by atoms with Crippen LogP contribution in [0, 0.1) is 11.3 Å². The second-order valence-corrected chi connectivity index (χ2v) is 3.43. The number of thiophene rings is 1. The molecule has 0 N–H and O–H groups in total. The van der Waals surface area contributed by atoms with Gasteiger partial charge >= 0.3 is 0 Å². The van der Waals surface area contributed by atoms with Gasteiger partial charge in [-0.25, -0.2) is 0 Å². The van der Waals surface area contributed by atoms with Gasteiger partial charge in [0.05, 0.1) is 12.5 Å². The van der Waals surface area contributed by atoms with Crippen molar-refractivity contribution in [1.29, 1.82) is 5.26 Å². The molecule has 1 rings (SSSR count). The third-order valence-corrected chi connectivity index (χ3v) is 2.35. The highest BCUT2D eigenvalue weighted by atomic mass is 35.5. The summed E-state index contributed by atoms with van der Waals surface area (Å²) in [6, 6.07) is 3.95. The first kappa shape index (κ1) is 8.32. The average molecular weight is 184 g/mol. The summed E-state index contributed by atoms with van der Waals surface area (Å²) < 4.78 is 0.777. The van der Waals surface area contributed by atoms with Crippen LogP contribution in [0.15, 0.2) is 17.5 Å². The predicted molar refractivity (Wildman–Crippen MR) is 48.6 cm³/mol. The van der Waals surface area contributed by atoms with E-state index in [4.69, 9.17) is 16.9 Å². The SMILES string of the molecule is N#CCC=Cc1ccsc1Cl. The molecule has 1 aromatic heterocycles. The fraction of sp³-hybridized carbons (Fsp3) is 0.125. The van der Waals surface area contributed by atoms with E-state index in [2.05, 4.69) is 0 Å². The lowest BCUT2D eigenvalue weighted by atomic mass is 10.3. The summed E-state index contributed by atoms with van der Waals surface area (Å²) >= 11 is 7.30. The molecule has 0 aliphatic heterocycles. The summed E-state index contributed by atoms with van der Waals surface area (Å²) in [6.07, 6.45) is 4.10. The minimum absolute atomic E-state index is 0.437. The van der Waals surface area contributed by atoms with Crippen molar-refractivity contribution < 1.29 is 0 Å². The van der Waals surface area contributed by atoms with E-state index in [0.29, 0.717) is 6.42 Å². The van der Waals surface area contributed by atoms with Crippen LogP contribution in [0.3, 0.4) is 0 Å². The van der Waals surface area contributed by atoms with E-state index in [9.17, 15) is 0 Å². The number of allylic oxidation sites excluding steroid dienone is 1. The van der Waals surface area contributed by atoms with Crippen molar-refractivity contribution in [3.8, 4) is 6.07 Å². The molecule has 0 aromatic carbocycles. The second kappa shape index (κ2) is 4.17. The van der Waals surface area contributed by atoms with Gasteiger partial charge in [0.1, 0.15) is 4.34 Å². The van der Waals surface area contributed by atoms with Crippen molar-refractivity contribution >= 4 is 29.0 Å². The van der Waals surface area contributed by atoms with Crippen LogP contribution in [0.4, 0.5) is 0 Å². The number of halogens is 1. The quantitative estimate of drug-likeness (QED) is 0.690. The largest absolute Gasteiger partial charge is 0.198 e. The molecule has 0 radical (unpaired) electrons. The van der Waals surface area contributed by atoms with Gasteiger partial charge in [-0.15, -0.1) is 11.3 Å². The van der Waals surface area contributed by atoms with E-state index in [1.807, 2.05) is 23.6 Å². The molecule has 0 fully saturated rings. The molecule has 0 aliphatic carbocycles. The number of nitriles is 1. The molecule has 11 heavy (non-hydrogen) atoms. The molecule has 1 aromatic rings. The van der Waals surface area contributed by atoms with Gasteiger partial charge in [0.2, 0.25) is 0 Å². The summed E-state index contributed by atoms with van der Waals surface area (Å²) in [6.45, 7) is 0. The molecule has 0 spiro atoms. The molecule has 0 saturated heterocycles. The fourth-order valence-electron chi connectivity index (χ4n) is 0.660. The topological polar surface area (TPSA) is 23.8 Å². The van der Waals surface area contributed by atoms with Crippen molar-refractivity contribution in [1.82, 2.24) is 0 Å². The molecule has 1 nitrogen and oxygen atoms in total. The monoisotopic (exact) mass is 183 g/mol. The Bertz CT molecular complexity index is 295. The second-order valence-electron chi connectivity index (χ2n) is 1.91. The van der Waals surface area contributed by atoms with Crippen LogP contribution in [0.25, 0.3) is 6.08 Å². The zero-order valence-corrected chi connectivity index (χ0v) is 7.32. The summed E-state index contributed by atoms with van der Waals surface area (Å²) in [7, 11) is 0. The first-order valence-electron chi connectivity index (χ1n) is 3.11. The molecule has 0 aliphatic rings. The standard InChI is InChI=1S/C8H6ClNS/c9-8-7(4-6-11-8)3-1-2-5-10/h1,3-4,6H,2H2. The zero-order valence-electron chi connectivity index (χ0n) is 5.75. The van der Waals surface area contributed by atoms with Gasteiger partial charge in [0, 0.05) is 5.56 Å². The minimum atomic E-state index is 0.437. The van der Waals surface area contributed by atoms with Gasteiger partial charge in [-0.05, 0) is 11.4 Å². The number of nitrogens with zero attached hydrogens (tertiary/aromatic N) is 1. The Labute approximate surface area is 74.5 Å². The van der Waals surface area contributed by atoms with Crippen molar-refractivity contribution in [3.63, 3.8) is 0 Å². The van der Waals surface area contributed by atoms with Crippen molar-refractivity contribution in [2.45, 2.75) is 6.42 Å². The Hall–Kier alpha value is -0.780. The van der Waals surface area contributed by atoms with Crippen molar-refractivity contribution in [3.05, 3.63) is 27.4 Å². The Morgan fingerprint density at radius 3 is 3.09 bits per heavy atom. The lowest BCUT2D eigenvalue weighted by molar-refractivity contribution is 1.36. The van der Waals surface area contributed by atoms with Crippen LogP contribution in [-0.4, -0.2) is 0 Å². The Kier molecular flexibility index (Phi) is 3.15. The first-order valence-corrected chi connectivity index (χ1v) is 4.37.